The van der Waals surface area contributed by atoms with Gasteiger partial charge in [0.2, 0.25) is 0 Å². The lowest BCUT2D eigenvalue weighted by Gasteiger charge is -2.13. The maximum atomic E-state index is 12.3. The molecule has 6 nitrogen and oxygen atoms in total. The Morgan fingerprint density at radius 1 is 1.05 bits per heavy atom. The van der Waals surface area contributed by atoms with E-state index in [4.69, 9.17) is 14.2 Å². The minimum absolute atomic E-state index is 0.0317. The van der Waals surface area contributed by atoms with Crippen LogP contribution in [0.2, 0.25) is 0 Å². The van der Waals surface area contributed by atoms with E-state index in [1.807, 2.05) is 0 Å². The maximum absolute atomic E-state index is 12.3. The molecule has 1 aliphatic heterocycles. The fourth-order valence-corrected chi connectivity index (χ4v) is 2.43. The quantitative estimate of drug-likeness (QED) is 0.622. The number of esters is 1. The first-order valence-electron chi connectivity index (χ1n) is 6.56. The third kappa shape index (κ3) is 2.00. The molecular formula is C16H14O6. The van der Waals surface area contributed by atoms with Gasteiger partial charge in [0, 0.05) is 17.7 Å². The van der Waals surface area contributed by atoms with Gasteiger partial charge >= 0.3 is 5.97 Å². The van der Waals surface area contributed by atoms with E-state index in [1.165, 1.54) is 25.3 Å². The standard InChI is InChI=1S/C16H14O6/c1-7-4-9(17)5-12-15(7)21-10-6-11(20-3)14(18)8(2)13(10)16(19)22-12/h4-6,17-18H,1-3H3. The number of fused-ring (bicyclic) bond motifs is 2. The fraction of sp³-hybridized carbons (Fsp3) is 0.188. The smallest absolute Gasteiger partial charge is 0.347 e. The second kappa shape index (κ2) is 4.84. The van der Waals surface area contributed by atoms with Crippen molar-refractivity contribution < 1.29 is 29.2 Å². The second-order valence-corrected chi connectivity index (χ2v) is 5.01. The molecule has 0 amide bonds. The van der Waals surface area contributed by atoms with Crippen molar-refractivity contribution in [2.45, 2.75) is 13.8 Å². The average molecular weight is 302 g/mol. The number of phenolic OH excluding ortho intramolecular Hbond substituents is 2. The summed E-state index contributed by atoms with van der Waals surface area (Å²) in [6, 6.07) is 4.24. The van der Waals surface area contributed by atoms with Gasteiger partial charge in [-0.15, -0.1) is 0 Å². The third-order valence-corrected chi connectivity index (χ3v) is 3.54. The first-order valence-corrected chi connectivity index (χ1v) is 6.56. The highest BCUT2D eigenvalue weighted by atomic mass is 16.6. The molecule has 0 spiro atoms. The van der Waals surface area contributed by atoms with Crippen LogP contribution in [0, 0.1) is 13.8 Å². The summed E-state index contributed by atoms with van der Waals surface area (Å²) in [5.74, 6) is 0.0273. The van der Waals surface area contributed by atoms with Crippen LogP contribution in [-0.4, -0.2) is 23.3 Å². The Balaban J connectivity index is 2.26. The van der Waals surface area contributed by atoms with Gasteiger partial charge in [-0.25, -0.2) is 4.79 Å². The van der Waals surface area contributed by atoms with Crippen LogP contribution in [-0.2, 0) is 0 Å². The molecule has 1 aliphatic rings. The molecule has 1 heterocycles. The van der Waals surface area contributed by atoms with E-state index in [0.29, 0.717) is 16.9 Å². The molecule has 3 rings (SSSR count). The molecule has 0 saturated heterocycles. The van der Waals surface area contributed by atoms with Gasteiger partial charge < -0.3 is 24.4 Å². The Morgan fingerprint density at radius 3 is 2.45 bits per heavy atom. The molecule has 2 N–H and O–H groups in total. The molecule has 0 fully saturated rings. The number of ether oxygens (including phenoxy) is 3. The van der Waals surface area contributed by atoms with Gasteiger partial charge in [0.05, 0.1) is 7.11 Å². The molecular weight excluding hydrogens is 288 g/mol. The highest BCUT2D eigenvalue weighted by molar-refractivity contribution is 5.98. The zero-order valence-electron chi connectivity index (χ0n) is 12.3. The summed E-state index contributed by atoms with van der Waals surface area (Å²) < 4.78 is 16.2. The summed E-state index contributed by atoms with van der Waals surface area (Å²) in [6.07, 6.45) is 0. The highest BCUT2D eigenvalue weighted by Crippen LogP contribution is 2.46. The number of rotatable bonds is 1. The van der Waals surface area contributed by atoms with Crippen LogP contribution in [0.5, 0.6) is 34.5 Å². The van der Waals surface area contributed by atoms with Crippen LogP contribution in [0.4, 0.5) is 0 Å². The number of methoxy groups -OCH3 is 1. The summed E-state index contributed by atoms with van der Waals surface area (Å²) in [5, 5.41) is 19.7. The zero-order chi connectivity index (χ0) is 16.0. The molecule has 0 radical (unpaired) electrons. The van der Waals surface area contributed by atoms with E-state index in [1.54, 1.807) is 13.8 Å². The number of carbonyl (C=O) groups excluding carboxylic acids is 1. The Kier molecular flexibility index (Phi) is 3.09. The largest absolute Gasteiger partial charge is 0.508 e. The normalized spacial score (nSPS) is 12.6. The van der Waals surface area contributed by atoms with Crippen LogP contribution in [0.3, 0.4) is 0 Å². The number of carbonyl (C=O) groups is 1. The fourth-order valence-electron chi connectivity index (χ4n) is 2.43. The van der Waals surface area contributed by atoms with Crippen molar-refractivity contribution in [3.63, 3.8) is 0 Å². The topological polar surface area (TPSA) is 85.2 Å². The van der Waals surface area contributed by atoms with Gasteiger partial charge in [-0.1, -0.05) is 0 Å². The van der Waals surface area contributed by atoms with Gasteiger partial charge in [-0.05, 0) is 25.5 Å². The lowest BCUT2D eigenvalue weighted by Crippen LogP contribution is -2.09. The van der Waals surface area contributed by atoms with Gasteiger partial charge in [0.15, 0.2) is 23.0 Å². The average Bonchev–Trinajstić information content (AvgIpc) is 2.59. The monoisotopic (exact) mass is 302 g/mol. The minimum Gasteiger partial charge on any atom is -0.508 e. The number of hydrogen-bond acceptors (Lipinski definition) is 6. The lowest BCUT2D eigenvalue weighted by molar-refractivity contribution is 0.0736. The molecule has 0 aliphatic carbocycles. The lowest BCUT2D eigenvalue weighted by atomic mass is 10.1. The van der Waals surface area contributed by atoms with E-state index in [0.717, 1.165) is 0 Å². The maximum Gasteiger partial charge on any atom is 0.347 e. The predicted molar refractivity (Wildman–Crippen MR) is 77.3 cm³/mol. The van der Waals surface area contributed by atoms with E-state index in [2.05, 4.69) is 0 Å². The van der Waals surface area contributed by atoms with Crippen LogP contribution in [0.1, 0.15) is 21.5 Å². The van der Waals surface area contributed by atoms with Gasteiger partial charge in [0.25, 0.3) is 0 Å². The van der Waals surface area contributed by atoms with E-state index in [9.17, 15) is 15.0 Å². The van der Waals surface area contributed by atoms with Crippen molar-refractivity contribution in [3.05, 3.63) is 34.9 Å². The number of phenols is 2. The summed E-state index contributed by atoms with van der Waals surface area (Å²) in [5.41, 5.74) is 1.03. The number of hydrogen-bond donors (Lipinski definition) is 2. The molecule has 0 atom stereocenters. The number of aryl methyl sites for hydroxylation is 1. The summed E-state index contributed by atoms with van der Waals surface area (Å²) >= 11 is 0. The Hall–Kier alpha value is -2.89. The first kappa shape index (κ1) is 14.1. The van der Waals surface area contributed by atoms with Crippen LogP contribution in [0.15, 0.2) is 18.2 Å². The number of benzene rings is 2. The van der Waals surface area contributed by atoms with Crippen LogP contribution < -0.4 is 14.2 Å². The van der Waals surface area contributed by atoms with Gasteiger partial charge in [-0.3, -0.25) is 0 Å². The molecule has 0 bridgehead atoms. The van der Waals surface area contributed by atoms with Crippen LogP contribution >= 0.6 is 0 Å². The summed E-state index contributed by atoms with van der Waals surface area (Å²) in [7, 11) is 1.41. The summed E-state index contributed by atoms with van der Waals surface area (Å²) in [4.78, 5) is 12.3. The zero-order valence-corrected chi connectivity index (χ0v) is 12.3. The molecule has 0 aromatic heterocycles. The van der Waals surface area contributed by atoms with Crippen molar-refractivity contribution in [1.29, 1.82) is 0 Å². The summed E-state index contributed by atoms with van der Waals surface area (Å²) in [6.45, 7) is 3.30. The molecule has 0 saturated carbocycles. The highest BCUT2D eigenvalue weighted by Gasteiger charge is 2.29. The first-order chi connectivity index (χ1) is 10.4. The molecule has 6 heteroatoms. The molecule has 22 heavy (non-hydrogen) atoms. The van der Waals surface area contributed by atoms with E-state index in [-0.39, 0.29) is 34.3 Å². The van der Waals surface area contributed by atoms with Crippen molar-refractivity contribution in [3.8, 4) is 34.5 Å². The van der Waals surface area contributed by atoms with Crippen molar-refractivity contribution in [2.75, 3.05) is 7.11 Å². The van der Waals surface area contributed by atoms with Crippen LogP contribution in [0.25, 0.3) is 0 Å². The van der Waals surface area contributed by atoms with Gasteiger partial charge in [-0.2, -0.15) is 0 Å². The predicted octanol–water partition coefficient (Wildman–Crippen LogP) is 3.05. The molecule has 2 aromatic carbocycles. The van der Waals surface area contributed by atoms with Crippen molar-refractivity contribution >= 4 is 5.97 Å². The van der Waals surface area contributed by atoms with E-state index >= 15 is 0 Å². The minimum atomic E-state index is -0.672. The molecule has 0 unspecified atom stereocenters. The van der Waals surface area contributed by atoms with E-state index < -0.39 is 5.97 Å². The second-order valence-electron chi connectivity index (χ2n) is 5.01. The van der Waals surface area contributed by atoms with Crippen molar-refractivity contribution in [2.24, 2.45) is 0 Å². The molecule has 2 aromatic rings. The SMILES string of the molecule is COc1cc2c(c(C)c1O)C(=O)Oc1cc(O)cc(C)c1O2. The van der Waals surface area contributed by atoms with Gasteiger partial charge in [0.1, 0.15) is 17.1 Å². The molecule has 114 valence electrons. The Labute approximate surface area is 126 Å². The number of aromatic hydroxyl groups is 2. The Bertz CT molecular complexity index is 794. The third-order valence-electron chi connectivity index (χ3n) is 3.54. The Morgan fingerprint density at radius 2 is 1.77 bits per heavy atom. The van der Waals surface area contributed by atoms with Crippen molar-refractivity contribution in [1.82, 2.24) is 0 Å².